The van der Waals surface area contributed by atoms with Crippen molar-refractivity contribution < 1.29 is 23.1 Å². The largest absolute Gasteiger partial charge is 0.469 e. The average Bonchev–Trinajstić information content (AvgIpc) is 2.31. The first-order chi connectivity index (χ1) is 8.04. The molecule has 0 fully saturated rings. The second-order valence-corrected chi connectivity index (χ2v) is 3.21. The Hall–Kier alpha value is -1.98. The highest BCUT2D eigenvalue weighted by Crippen LogP contribution is 2.09. The van der Waals surface area contributed by atoms with E-state index in [1.807, 2.05) is 0 Å². The Morgan fingerprint density at radius 2 is 2.06 bits per heavy atom. The quantitative estimate of drug-likeness (QED) is 0.810. The number of ether oxygens (including phenoxy) is 1. The van der Waals surface area contributed by atoms with Crippen molar-refractivity contribution in [1.82, 2.24) is 5.32 Å². The summed E-state index contributed by atoms with van der Waals surface area (Å²) in [7, 11) is 1.22. The fourth-order valence-corrected chi connectivity index (χ4v) is 1.15. The van der Waals surface area contributed by atoms with E-state index in [9.17, 15) is 18.4 Å². The van der Waals surface area contributed by atoms with Crippen LogP contribution in [-0.4, -0.2) is 25.5 Å². The van der Waals surface area contributed by atoms with E-state index in [1.165, 1.54) is 7.11 Å². The Balaban J connectivity index is 2.58. The third kappa shape index (κ3) is 3.82. The Labute approximate surface area is 96.6 Å². The van der Waals surface area contributed by atoms with E-state index < -0.39 is 29.1 Å². The lowest BCUT2D eigenvalue weighted by molar-refractivity contribution is -0.140. The molecule has 0 bridgehead atoms. The first-order valence-corrected chi connectivity index (χ1v) is 4.84. The molecular weight excluding hydrogens is 232 g/mol. The molecule has 92 valence electrons. The van der Waals surface area contributed by atoms with E-state index in [2.05, 4.69) is 10.1 Å². The summed E-state index contributed by atoms with van der Waals surface area (Å²) in [6.07, 6.45) is -0.0286. The van der Waals surface area contributed by atoms with Crippen molar-refractivity contribution in [2.24, 2.45) is 0 Å². The monoisotopic (exact) mass is 243 g/mol. The van der Waals surface area contributed by atoms with Crippen LogP contribution in [0.25, 0.3) is 0 Å². The zero-order valence-corrected chi connectivity index (χ0v) is 9.13. The van der Waals surface area contributed by atoms with Crippen molar-refractivity contribution in [3.8, 4) is 0 Å². The van der Waals surface area contributed by atoms with Gasteiger partial charge in [-0.15, -0.1) is 0 Å². The minimum atomic E-state index is -0.818. The van der Waals surface area contributed by atoms with Crippen molar-refractivity contribution in [1.29, 1.82) is 0 Å². The summed E-state index contributed by atoms with van der Waals surface area (Å²) < 4.78 is 30.3. The van der Waals surface area contributed by atoms with Gasteiger partial charge in [-0.2, -0.15) is 0 Å². The van der Waals surface area contributed by atoms with Gasteiger partial charge in [-0.1, -0.05) is 0 Å². The number of benzene rings is 1. The predicted molar refractivity (Wildman–Crippen MR) is 55.3 cm³/mol. The van der Waals surface area contributed by atoms with Crippen molar-refractivity contribution in [3.63, 3.8) is 0 Å². The molecule has 4 nitrogen and oxygen atoms in total. The van der Waals surface area contributed by atoms with Crippen LogP contribution in [0.3, 0.4) is 0 Å². The van der Waals surface area contributed by atoms with Crippen molar-refractivity contribution in [2.45, 2.75) is 6.42 Å². The number of hydrogen-bond acceptors (Lipinski definition) is 3. The van der Waals surface area contributed by atoms with Gasteiger partial charge in [-0.3, -0.25) is 9.59 Å². The fraction of sp³-hybridized carbons (Fsp3) is 0.273. The van der Waals surface area contributed by atoms with E-state index in [0.717, 1.165) is 18.2 Å². The molecule has 0 atom stereocenters. The van der Waals surface area contributed by atoms with Crippen molar-refractivity contribution in [2.75, 3.05) is 13.7 Å². The van der Waals surface area contributed by atoms with Crippen LogP contribution in [0.2, 0.25) is 0 Å². The molecule has 0 aromatic heterocycles. The molecule has 0 saturated heterocycles. The van der Waals surface area contributed by atoms with Gasteiger partial charge in [-0.25, -0.2) is 8.78 Å². The van der Waals surface area contributed by atoms with Gasteiger partial charge in [0.25, 0.3) is 5.91 Å². The summed E-state index contributed by atoms with van der Waals surface area (Å²) in [5.74, 6) is -2.79. The highest BCUT2D eigenvalue weighted by molar-refractivity contribution is 5.94. The molecule has 6 heteroatoms. The minimum Gasteiger partial charge on any atom is -0.469 e. The normalized spacial score (nSPS) is 9.82. The van der Waals surface area contributed by atoms with E-state index in [1.54, 1.807) is 0 Å². The second-order valence-electron chi connectivity index (χ2n) is 3.21. The molecule has 1 N–H and O–H groups in total. The summed E-state index contributed by atoms with van der Waals surface area (Å²) >= 11 is 0. The molecule has 0 radical (unpaired) electrons. The molecule has 17 heavy (non-hydrogen) atoms. The summed E-state index contributed by atoms with van der Waals surface area (Å²) in [5, 5.41) is 2.29. The van der Waals surface area contributed by atoms with Crippen LogP contribution in [0.5, 0.6) is 0 Å². The maximum absolute atomic E-state index is 13.2. The first-order valence-electron chi connectivity index (χ1n) is 4.84. The Morgan fingerprint density at radius 3 is 2.71 bits per heavy atom. The molecular formula is C11H11F2NO3. The number of nitrogens with one attached hydrogen (secondary N) is 1. The lowest BCUT2D eigenvalue weighted by atomic mass is 10.2. The van der Waals surface area contributed by atoms with Crippen LogP contribution in [0.15, 0.2) is 18.2 Å². The van der Waals surface area contributed by atoms with E-state index in [4.69, 9.17) is 0 Å². The molecule has 1 rings (SSSR count). The first kappa shape index (κ1) is 13.1. The van der Waals surface area contributed by atoms with Crippen LogP contribution in [0.4, 0.5) is 8.78 Å². The fourth-order valence-electron chi connectivity index (χ4n) is 1.15. The zero-order chi connectivity index (χ0) is 12.8. The van der Waals surface area contributed by atoms with Gasteiger partial charge >= 0.3 is 5.97 Å². The number of amides is 1. The van der Waals surface area contributed by atoms with Gasteiger partial charge < -0.3 is 10.1 Å². The van der Waals surface area contributed by atoms with Gasteiger partial charge in [0.15, 0.2) is 0 Å². The molecule has 0 spiro atoms. The molecule has 0 aliphatic heterocycles. The van der Waals surface area contributed by atoms with Crippen LogP contribution in [0, 0.1) is 11.6 Å². The summed E-state index contributed by atoms with van der Waals surface area (Å²) in [5.41, 5.74) is -0.394. The smallest absolute Gasteiger partial charge is 0.307 e. The van der Waals surface area contributed by atoms with Crippen molar-refractivity contribution in [3.05, 3.63) is 35.4 Å². The topological polar surface area (TPSA) is 55.4 Å². The van der Waals surface area contributed by atoms with E-state index in [0.29, 0.717) is 0 Å². The molecule has 1 amide bonds. The number of carbonyl (C=O) groups is 2. The lowest BCUT2D eigenvalue weighted by Crippen LogP contribution is -2.27. The Morgan fingerprint density at radius 1 is 1.35 bits per heavy atom. The molecule has 0 aliphatic rings. The van der Waals surface area contributed by atoms with Gasteiger partial charge in [0, 0.05) is 6.54 Å². The molecule has 0 unspecified atom stereocenters. The lowest BCUT2D eigenvalue weighted by Gasteiger charge is -2.05. The van der Waals surface area contributed by atoms with Gasteiger partial charge in [0.05, 0.1) is 19.1 Å². The van der Waals surface area contributed by atoms with Gasteiger partial charge in [0.2, 0.25) is 0 Å². The standard InChI is InChI=1S/C11H11F2NO3/c1-17-10(15)4-5-14-11(16)8-6-7(12)2-3-9(8)13/h2-3,6H,4-5H2,1H3,(H,14,16). The summed E-state index contributed by atoms with van der Waals surface area (Å²) in [4.78, 5) is 22.2. The molecule has 0 aliphatic carbocycles. The van der Waals surface area contributed by atoms with Gasteiger partial charge in [0.1, 0.15) is 11.6 Å². The predicted octanol–water partition coefficient (Wildman–Crippen LogP) is 1.26. The third-order valence-corrected chi connectivity index (χ3v) is 2.02. The van der Waals surface area contributed by atoms with Crippen LogP contribution in [0.1, 0.15) is 16.8 Å². The average molecular weight is 243 g/mol. The number of rotatable bonds is 4. The SMILES string of the molecule is COC(=O)CCNC(=O)c1cc(F)ccc1F. The van der Waals surface area contributed by atoms with Crippen LogP contribution >= 0.6 is 0 Å². The maximum atomic E-state index is 13.2. The van der Waals surface area contributed by atoms with Crippen LogP contribution in [-0.2, 0) is 9.53 Å². The highest BCUT2D eigenvalue weighted by Gasteiger charge is 2.12. The highest BCUT2D eigenvalue weighted by atomic mass is 19.1. The molecule has 1 aromatic rings. The minimum absolute atomic E-state index is 0.00145. The molecule has 0 heterocycles. The number of esters is 1. The molecule has 0 saturated carbocycles. The Kier molecular flexibility index (Phi) is 4.56. The third-order valence-electron chi connectivity index (χ3n) is 2.02. The van der Waals surface area contributed by atoms with Crippen molar-refractivity contribution >= 4 is 11.9 Å². The summed E-state index contributed by atoms with van der Waals surface area (Å²) in [6.45, 7) is 0.00145. The number of carbonyl (C=O) groups excluding carboxylic acids is 2. The zero-order valence-electron chi connectivity index (χ0n) is 9.13. The molecule has 1 aromatic carbocycles. The van der Waals surface area contributed by atoms with E-state index >= 15 is 0 Å². The van der Waals surface area contributed by atoms with Crippen LogP contribution < -0.4 is 5.32 Å². The Bertz CT molecular complexity index is 435. The van der Waals surface area contributed by atoms with Gasteiger partial charge in [-0.05, 0) is 18.2 Å². The number of halogens is 2. The van der Waals surface area contributed by atoms with E-state index in [-0.39, 0.29) is 13.0 Å². The number of methoxy groups -OCH3 is 1. The summed E-state index contributed by atoms with van der Waals surface area (Å²) in [6, 6.07) is 2.58. The maximum Gasteiger partial charge on any atom is 0.307 e. The number of hydrogen-bond donors (Lipinski definition) is 1. The second kappa shape index (κ2) is 5.93.